The number of aromatic nitrogens is 2. The van der Waals surface area contributed by atoms with Gasteiger partial charge in [0.15, 0.2) is 5.78 Å². The summed E-state index contributed by atoms with van der Waals surface area (Å²) >= 11 is 3.38. The normalized spacial score (nSPS) is 13.7. The molecule has 4 rings (SSSR count). The van der Waals surface area contributed by atoms with E-state index in [1.54, 1.807) is 12.1 Å². The molecule has 6 heteroatoms. The van der Waals surface area contributed by atoms with Gasteiger partial charge in [0.25, 0.3) is 0 Å². The smallest absolute Gasteiger partial charge is 0.240 e. The third-order valence-electron chi connectivity index (χ3n) is 4.46. The second-order valence-electron chi connectivity index (χ2n) is 6.55. The number of ketones is 1. The summed E-state index contributed by atoms with van der Waals surface area (Å²) in [5.74, 6) is 0.565. The Hall–Kier alpha value is -2.47. The molecule has 1 fully saturated rings. The van der Waals surface area contributed by atoms with Crippen molar-refractivity contribution in [2.75, 3.05) is 0 Å². The molecule has 2 aromatic carbocycles. The first kappa shape index (κ1) is 17.0. The van der Waals surface area contributed by atoms with Crippen molar-refractivity contribution in [3.05, 3.63) is 64.4 Å². The molecule has 5 nitrogen and oxygen atoms in total. The molecule has 0 unspecified atom stereocenters. The third kappa shape index (κ3) is 3.70. The minimum Gasteiger partial charge on any atom is -0.352 e. The Morgan fingerprint density at radius 2 is 1.85 bits per heavy atom. The number of carbonyl (C=O) groups is 2. The topological polar surface area (TPSA) is 64.0 Å². The van der Waals surface area contributed by atoms with Gasteiger partial charge in [-0.2, -0.15) is 0 Å². The summed E-state index contributed by atoms with van der Waals surface area (Å²) in [6.07, 6.45) is 2.25. The molecular weight excluding hydrogens is 394 g/mol. The maximum Gasteiger partial charge on any atom is 0.240 e. The molecule has 0 spiro atoms. The molecule has 0 atom stereocenters. The molecule has 1 aliphatic rings. The van der Waals surface area contributed by atoms with Crippen LogP contribution >= 0.6 is 15.9 Å². The fourth-order valence-corrected chi connectivity index (χ4v) is 3.23. The predicted octanol–water partition coefficient (Wildman–Crippen LogP) is 3.50. The SMILES string of the molecule is O=C(Cn1c(CC(=O)c2ccc(Br)cc2)nc2ccccc21)NC1CC1. The first-order valence-corrected chi connectivity index (χ1v) is 9.42. The number of nitrogens with zero attached hydrogens (tertiary/aromatic N) is 2. The Bertz CT molecular complexity index is 974. The summed E-state index contributed by atoms with van der Waals surface area (Å²) in [6, 6.07) is 15.2. The van der Waals surface area contributed by atoms with Crippen LogP contribution in [0.4, 0.5) is 0 Å². The summed E-state index contributed by atoms with van der Waals surface area (Å²) in [4.78, 5) is 29.6. The third-order valence-corrected chi connectivity index (χ3v) is 4.99. The fraction of sp³-hybridized carbons (Fsp3) is 0.250. The highest BCUT2D eigenvalue weighted by molar-refractivity contribution is 9.10. The van der Waals surface area contributed by atoms with Crippen LogP contribution in [0.1, 0.15) is 29.0 Å². The van der Waals surface area contributed by atoms with E-state index in [9.17, 15) is 9.59 Å². The van der Waals surface area contributed by atoms with Crippen LogP contribution in [-0.2, 0) is 17.8 Å². The number of carbonyl (C=O) groups excluding carboxylic acids is 2. The Morgan fingerprint density at radius 1 is 1.12 bits per heavy atom. The van der Waals surface area contributed by atoms with Crippen LogP contribution in [0.5, 0.6) is 0 Å². The van der Waals surface area contributed by atoms with Gasteiger partial charge in [0.2, 0.25) is 5.91 Å². The zero-order valence-corrected chi connectivity index (χ0v) is 15.7. The summed E-state index contributed by atoms with van der Waals surface area (Å²) in [6.45, 7) is 0.181. The zero-order valence-electron chi connectivity index (χ0n) is 14.1. The van der Waals surface area contributed by atoms with E-state index in [-0.39, 0.29) is 24.7 Å². The van der Waals surface area contributed by atoms with Gasteiger partial charge in [0, 0.05) is 16.1 Å². The highest BCUT2D eigenvalue weighted by atomic mass is 79.9. The Kier molecular flexibility index (Phi) is 4.59. The fourth-order valence-electron chi connectivity index (χ4n) is 2.96. The van der Waals surface area contributed by atoms with Crippen molar-refractivity contribution in [3.8, 4) is 0 Å². The molecule has 0 aliphatic heterocycles. The van der Waals surface area contributed by atoms with Crippen LogP contribution < -0.4 is 5.32 Å². The standard InChI is InChI=1S/C20H18BrN3O2/c21-14-7-5-13(6-8-14)18(25)11-19-23-16-3-1-2-4-17(16)24(19)12-20(26)22-15-9-10-15/h1-8,15H,9-12H2,(H,22,26). The summed E-state index contributed by atoms with van der Waals surface area (Å²) in [7, 11) is 0. The highest BCUT2D eigenvalue weighted by Gasteiger charge is 2.24. The molecule has 1 N–H and O–H groups in total. The van der Waals surface area contributed by atoms with E-state index < -0.39 is 0 Å². The molecule has 1 amide bonds. The number of nitrogens with one attached hydrogen (secondary N) is 1. The van der Waals surface area contributed by atoms with Gasteiger partial charge in [-0.15, -0.1) is 0 Å². The van der Waals surface area contributed by atoms with Gasteiger partial charge >= 0.3 is 0 Å². The minimum atomic E-state index is -0.0343. The zero-order chi connectivity index (χ0) is 18.1. The number of rotatable bonds is 6. The van der Waals surface area contributed by atoms with Crippen LogP contribution in [0.3, 0.4) is 0 Å². The van der Waals surface area contributed by atoms with Crippen LogP contribution in [0.15, 0.2) is 53.0 Å². The van der Waals surface area contributed by atoms with E-state index in [1.165, 1.54) is 0 Å². The van der Waals surface area contributed by atoms with E-state index in [1.807, 2.05) is 41.0 Å². The molecule has 1 aliphatic carbocycles. The van der Waals surface area contributed by atoms with E-state index in [2.05, 4.69) is 26.2 Å². The van der Waals surface area contributed by atoms with Crippen LogP contribution in [-0.4, -0.2) is 27.3 Å². The van der Waals surface area contributed by atoms with Crippen molar-refractivity contribution in [2.45, 2.75) is 31.8 Å². The number of amides is 1. The second-order valence-corrected chi connectivity index (χ2v) is 7.47. The van der Waals surface area contributed by atoms with E-state index in [0.29, 0.717) is 17.4 Å². The number of imidazole rings is 1. The Labute approximate surface area is 159 Å². The number of fused-ring (bicyclic) bond motifs is 1. The van der Waals surface area contributed by atoms with Gasteiger partial charge in [-0.25, -0.2) is 4.98 Å². The van der Waals surface area contributed by atoms with Gasteiger partial charge in [-0.3, -0.25) is 9.59 Å². The molecule has 0 radical (unpaired) electrons. The summed E-state index contributed by atoms with van der Waals surface area (Å²) in [5, 5.41) is 3.00. The van der Waals surface area contributed by atoms with Gasteiger partial charge in [0.05, 0.1) is 17.5 Å². The molecule has 1 heterocycles. The van der Waals surface area contributed by atoms with Crippen molar-refractivity contribution in [2.24, 2.45) is 0 Å². The molecule has 3 aromatic rings. The van der Waals surface area contributed by atoms with Crippen LogP contribution in [0.2, 0.25) is 0 Å². The van der Waals surface area contributed by atoms with Gasteiger partial charge < -0.3 is 9.88 Å². The van der Waals surface area contributed by atoms with Crippen molar-refractivity contribution >= 4 is 38.7 Å². The second kappa shape index (κ2) is 7.03. The predicted molar refractivity (Wildman–Crippen MR) is 103 cm³/mol. The maximum absolute atomic E-state index is 12.7. The Morgan fingerprint density at radius 3 is 2.58 bits per heavy atom. The van der Waals surface area contributed by atoms with Crippen molar-refractivity contribution in [1.82, 2.24) is 14.9 Å². The van der Waals surface area contributed by atoms with Crippen LogP contribution in [0, 0.1) is 0 Å². The molecule has 1 aromatic heterocycles. The molecule has 26 heavy (non-hydrogen) atoms. The summed E-state index contributed by atoms with van der Waals surface area (Å²) in [5.41, 5.74) is 2.30. The van der Waals surface area contributed by atoms with E-state index >= 15 is 0 Å². The van der Waals surface area contributed by atoms with Crippen molar-refractivity contribution < 1.29 is 9.59 Å². The number of para-hydroxylation sites is 2. The van der Waals surface area contributed by atoms with Crippen molar-refractivity contribution in [1.29, 1.82) is 0 Å². The molecule has 0 saturated heterocycles. The average Bonchev–Trinajstić information content (AvgIpc) is 3.38. The van der Waals surface area contributed by atoms with Crippen molar-refractivity contribution in [3.63, 3.8) is 0 Å². The highest BCUT2D eigenvalue weighted by Crippen LogP contribution is 2.21. The molecule has 132 valence electrons. The van der Waals surface area contributed by atoms with Crippen LogP contribution in [0.25, 0.3) is 11.0 Å². The lowest BCUT2D eigenvalue weighted by Gasteiger charge is -2.09. The lowest BCUT2D eigenvalue weighted by Crippen LogP contribution is -2.30. The number of hydrogen-bond acceptors (Lipinski definition) is 3. The van der Waals surface area contributed by atoms with Gasteiger partial charge in [0.1, 0.15) is 12.4 Å². The average molecular weight is 412 g/mol. The number of Topliss-reactive ketones (excluding diaryl/α,β-unsaturated/α-hetero) is 1. The van der Waals surface area contributed by atoms with E-state index in [0.717, 1.165) is 28.3 Å². The summed E-state index contributed by atoms with van der Waals surface area (Å²) < 4.78 is 2.78. The lowest BCUT2D eigenvalue weighted by atomic mass is 10.1. The first-order valence-electron chi connectivity index (χ1n) is 8.62. The lowest BCUT2D eigenvalue weighted by molar-refractivity contribution is -0.121. The monoisotopic (exact) mass is 411 g/mol. The molecule has 0 bridgehead atoms. The number of hydrogen-bond donors (Lipinski definition) is 1. The van der Waals surface area contributed by atoms with E-state index in [4.69, 9.17) is 0 Å². The minimum absolute atomic E-state index is 0.0170. The molecular formula is C20H18BrN3O2. The largest absolute Gasteiger partial charge is 0.352 e. The van der Waals surface area contributed by atoms with Gasteiger partial charge in [-0.05, 0) is 37.1 Å². The number of halogens is 1. The maximum atomic E-state index is 12.7. The number of benzene rings is 2. The Balaban J connectivity index is 1.62. The molecule has 1 saturated carbocycles. The first-order chi connectivity index (χ1) is 12.6. The quantitative estimate of drug-likeness (QED) is 0.631. The van der Waals surface area contributed by atoms with Gasteiger partial charge in [-0.1, -0.05) is 40.2 Å².